The van der Waals surface area contributed by atoms with Crippen LogP contribution in [0.15, 0.2) is 78.4 Å². The Labute approximate surface area is 186 Å². The first-order chi connectivity index (χ1) is 15.5. The minimum Gasteiger partial charge on any atom is -0.507 e. The zero-order chi connectivity index (χ0) is 22.8. The van der Waals surface area contributed by atoms with Crippen molar-refractivity contribution in [2.24, 2.45) is 0 Å². The number of aliphatic hydroxyl groups excluding tert-OH is 1. The van der Waals surface area contributed by atoms with Gasteiger partial charge in [0.05, 0.1) is 25.8 Å². The van der Waals surface area contributed by atoms with Crippen molar-refractivity contribution in [3.8, 4) is 11.5 Å². The second-order valence-electron chi connectivity index (χ2n) is 7.49. The molecule has 0 saturated carbocycles. The van der Waals surface area contributed by atoms with Gasteiger partial charge in [0.25, 0.3) is 11.7 Å². The van der Waals surface area contributed by atoms with Gasteiger partial charge in [-0.15, -0.1) is 0 Å². The second-order valence-corrected chi connectivity index (χ2v) is 7.49. The highest BCUT2D eigenvalue weighted by Crippen LogP contribution is 2.44. The SMILES string of the molecule is COc1ccc([C@H]2/C(=C(\O)c3ccccc3)C(=O)C(=O)N2c2cccc(C)c2)cc1OC. The molecule has 1 fully saturated rings. The molecule has 0 spiro atoms. The molecule has 162 valence electrons. The number of nitrogens with zero attached hydrogens (tertiary/aromatic N) is 1. The predicted octanol–water partition coefficient (Wildman–Crippen LogP) is 4.64. The van der Waals surface area contributed by atoms with Gasteiger partial charge >= 0.3 is 0 Å². The summed E-state index contributed by atoms with van der Waals surface area (Å²) in [6.45, 7) is 1.91. The Balaban J connectivity index is 1.97. The van der Waals surface area contributed by atoms with E-state index in [9.17, 15) is 14.7 Å². The zero-order valence-corrected chi connectivity index (χ0v) is 18.0. The maximum Gasteiger partial charge on any atom is 0.300 e. The van der Waals surface area contributed by atoms with Gasteiger partial charge in [-0.2, -0.15) is 0 Å². The lowest BCUT2D eigenvalue weighted by Gasteiger charge is -2.26. The Morgan fingerprint density at radius 3 is 2.25 bits per heavy atom. The molecule has 0 unspecified atom stereocenters. The van der Waals surface area contributed by atoms with Crippen molar-refractivity contribution in [1.82, 2.24) is 0 Å². The molecule has 0 aromatic heterocycles. The summed E-state index contributed by atoms with van der Waals surface area (Å²) in [6, 6.07) is 20.4. The van der Waals surface area contributed by atoms with Crippen molar-refractivity contribution >= 4 is 23.1 Å². The smallest absolute Gasteiger partial charge is 0.300 e. The molecule has 6 nitrogen and oxygen atoms in total. The molecule has 0 aliphatic carbocycles. The van der Waals surface area contributed by atoms with Crippen molar-refractivity contribution in [3.05, 3.63) is 95.1 Å². The Bertz CT molecular complexity index is 1220. The monoisotopic (exact) mass is 429 g/mol. The molecule has 1 N–H and O–H groups in total. The van der Waals surface area contributed by atoms with Crippen LogP contribution in [0.1, 0.15) is 22.7 Å². The topological polar surface area (TPSA) is 76.1 Å². The molecule has 1 atom stereocenters. The van der Waals surface area contributed by atoms with E-state index in [2.05, 4.69) is 0 Å². The number of carbonyl (C=O) groups is 2. The number of anilines is 1. The van der Waals surface area contributed by atoms with Crippen LogP contribution in [-0.4, -0.2) is 31.0 Å². The fourth-order valence-electron chi connectivity index (χ4n) is 3.97. The van der Waals surface area contributed by atoms with Crippen molar-refractivity contribution in [1.29, 1.82) is 0 Å². The molecule has 1 amide bonds. The van der Waals surface area contributed by atoms with Crippen LogP contribution >= 0.6 is 0 Å². The van der Waals surface area contributed by atoms with E-state index in [4.69, 9.17) is 9.47 Å². The summed E-state index contributed by atoms with van der Waals surface area (Å²) in [5.74, 6) is -0.689. The molecule has 1 saturated heterocycles. The molecule has 3 aromatic carbocycles. The van der Waals surface area contributed by atoms with Gasteiger partial charge < -0.3 is 14.6 Å². The number of hydrogen-bond donors (Lipinski definition) is 1. The second kappa shape index (κ2) is 8.59. The number of benzene rings is 3. The van der Waals surface area contributed by atoms with Crippen LogP contribution in [0.2, 0.25) is 0 Å². The number of aliphatic hydroxyl groups is 1. The molecule has 3 aromatic rings. The number of methoxy groups -OCH3 is 2. The third-order valence-electron chi connectivity index (χ3n) is 5.49. The molecule has 1 heterocycles. The van der Waals surface area contributed by atoms with Crippen LogP contribution in [0.4, 0.5) is 5.69 Å². The Morgan fingerprint density at radius 2 is 1.59 bits per heavy atom. The normalized spacial score (nSPS) is 17.5. The minimum atomic E-state index is -0.836. The number of ketones is 1. The summed E-state index contributed by atoms with van der Waals surface area (Å²) in [6.07, 6.45) is 0. The number of carbonyl (C=O) groups excluding carboxylic acids is 2. The number of amides is 1. The standard InChI is InChI=1S/C26H23NO5/c1-16-8-7-11-19(14-16)27-23(18-12-13-20(31-2)21(15-18)32-3)22(25(29)26(27)30)24(28)17-9-5-4-6-10-17/h4-15,23,28H,1-3H3/b24-22+/t23-/m0/s1. The summed E-state index contributed by atoms with van der Waals surface area (Å²) >= 11 is 0. The molecular formula is C26H23NO5. The van der Waals surface area contributed by atoms with E-state index < -0.39 is 17.7 Å². The van der Waals surface area contributed by atoms with E-state index in [1.165, 1.54) is 19.1 Å². The summed E-state index contributed by atoms with van der Waals surface area (Å²) in [5, 5.41) is 11.1. The van der Waals surface area contributed by atoms with Gasteiger partial charge in [0.2, 0.25) is 0 Å². The summed E-state index contributed by atoms with van der Waals surface area (Å²) < 4.78 is 10.8. The molecule has 6 heteroatoms. The van der Waals surface area contributed by atoms with E-state index in [1.807, 2.05) is 31.2 Å². The largest absolute Gasteiger partial charge is 0.507 e. The summed E-state index contributed by atoms with van der Waals surface area (Å²) in [5.41, 5.74) is 2.61. The highest BCUT2D eigenvalue weighted by molar-refractivity contribution is 6.51. The van der Waals surface area contributed by atoms with Gasteiger partial charge in [0, 0.05) is 11.3 Å². The van der Waals surface area contributed by atoms with E-state index >= 15 is 0 Å². The number of Topliss-reactive ketones (excluding diaryl/α,β-unsaturated/α-hetero) is 1. The van der Waals surface area contributed by atoms with Crippen LogP contribution in [0.5, 0.6) is 11.5 Å². The lowest BCUT2D eigenvalue weighted by atomic mass is 9.94. The van der Waals surface area contributed by atoms with Crippen molar-refractivity contribution < 1.29 is 24.2 Å². The maximum absolute atomic E-state index is 13.2. The first-order valence-corrected chi connectivity index (χ1v) is 10.1. The Hall–Kier alpha value is -4.06. The van der Waals surface area contributed by atoms with Crippen LogP contribution in [0, 0.1) is 6.92 Å². The fourth-order valence-corrected chi connectivity index (χ4v) is 3.97. The average Bonchev–Trinajstić information content (AvgIpc) is 3.09. The van der Waals surface area contributed by atoms with Crippen molar-refractivity contribution in [2.45, 2.75) is 13.0 Å². The van der Waals surface area contributed by atoms with Gasteiger partial charge in [0.15, 0.2) is 11.5 Å². The molecule has 32 heavy (non-hydrogen) atoms. The fraction of sp³-hybridized carbons (Fsp3) is 0.154. The van der Waals surface area contributed by atoms with Gasteiger partial charge in [-0.25, -0.2) is 0 Å². The van der Waals surface area contributed by atoms with E-state index in [1.54, 1.807) is 48.5 Å². The summed E-state index contributed by atoms with van der Waals surface area (Å²) in [4.78, 5) is 27.8. The lowest BCUT2D eigenvalue weighted by molar-refractivity contribution is -0.132. The third-order valence-corrected chi connectivity index (χ3v) is 5.49. The number of aryl methyl sites for hydroxylation is 1. The van der Waals surface area contributed by atoms with Crippen LogP contribution < -0.4 is 14.4 Å². The number of ether oxygens (including phenoxy) is 2. The lowest BCUT2D eigenvalue weighted by Crippen LogP contribution is -2.29. The average molecular weight is 429 g/mol. The molecule has 0 radical (unpaired) electrons. The zero-order valence-electron chi connectivity index (χ0n) is 18.0. The van der Waals surface area contributed by atoms with E-state index in [0.29, 0.717) is 28.3 Å². The van der Waals surface area contributed by atoms with E-state index in [-0.39, 0.29) is 11.3 Å². The number of hydrogen-bond acceptors (Lipinski definition) is 5. The molecule has 4 rings (SSSR count). The van der Waals surface area contributed by atoms with Gasteiger partial charge in [-0.05, 0) is 42.3 Å². The van der Waals surface area contributed by atoms with Gasteiger partial charge in [-0.3, -0.25) is 14.5 Å². The minimum absolute atomic E-state index is 0.0231. The highest BCUT2D eigenvalue weighted by Gasteiger charge is 2.47. The summed E-state index contributed by atoms with van der Waals surface area (Å²) in [7, 11) is 3.05. The molecule has 1 aliphatic rings. The Kier molecular flexibility index (Phi) is 5.69. The van der Waals surface area contributed by atoms with Gasteiger partial charge in [-0.1, -0.05) is 48.5 Å². The molecule has 1 aliphatic heterocycles. The quantitative estimate of drug-likeness (QED) is 0.363. The van der Waals surface area contributed by atoms with Crippen LogP contribution in [0.3, 0.4) is 0 Å². The van der Waals surface area contributed by atoms with E-state index in [0.717, 1.165) is 5.56 Å². The van der Waals surface area contributed by atoms with Crippen molar-refractivity contribution in [2.75, 3.05) is 19.1 Å². The highest BCUT2D eigenvalue weighted by atomic mass is 16.5. The van der Waals surface area contributed by atoms with Crippen LogP contribution in [-0.2, 0) is 9.59 Å². The predicted molar refractivity (Wildman–Crippen MR) is 122 cm³/mol. The van der Waals surface area contributed by atoms with Crippen LogP contribution in [0.25, 0.3) is 5.76 Å². The molecular weight excluding hydrogens is 406 g/mol. The third kappa shape index (κ3) is 3.60. The molecule has 0 bridgehead atoms. The Morgan fingerprint density at radius 1 is 0.875 bits per heavy atom. The number of rotatable bonds is 5. The van der Waals surface area contributed by atoms with Crippen molar-refractivity contribution in [3.63, 3.8) is 0 Å². The first-order valence-electron chi connectivity index (χ1n) is 10.1. The van der Waals surface area contributed by atoms with Gasteiger partial charge in [0.1, 0.15) is 5.76 Å². The first kappa shape index (κ1) is 21.2. The maximum atomic E-state index is 13.2.